The number of aromatic nitrogens is 2. The van der Waals surface area contributed by atoms with Crippen molar-refractivity contribution in [3.63, 3.8) is 0 Å². The van der Waals surface area contributed by atoms with Gasteiger partial charge in [-0.25, -0.2) is 9.78 Å². The number of nitrogens with one attached hydrogen (secondary N) is 1. The van der Waals surface area contributed by atoms with Gasteiger partial charge < -0.3 is 14.8 Å². The quantitative estimate of drug-likeness (QED) is 0.543. The fraction of sp³-hybridized carbons (Fsp3) is 0.0588. The number of carboxylic acid groups (broad SMARTS) is 1. The molecule has 0 saturated carbocycles. The number of H-pyrrole nitrogens is 1. The molecule has 2 aromatic carbocycles. The Balaban J connectivity index is 2.10. The van der Waals surface area contributed by atoms with Crippen molar-refractivity contribution in [2.75, 3.05) is 7.11 Å². The smallest absolute Gasteiger partial charge is 0.354 e. The molecule has 0 unspecified atom stereocenters. The highest BCUT2D eigenvalue weighted by Gasteiger charge is 2.19. The third kappa shape index (κ3) is 3.18. The molecule has 1 aromatic heterocycles. The van der Waals surface area contributed by atoms with Crippen LogP contribution in [0.3, 0.4) is 0 Å². The number of aromatic carboxylic acids is 1. The first-order chi connectivity index (χ1) is 12.0. The van der Waals surface area contributed by atoms with Crippen molar-refractivity contribution >= 4 is 11.7 Å². The molecule has 0 bridgehead atoms. The molecular weight excluding hydrogens is 326 g/mol. The Morgan fingerprint density at radius 3 is 2.52 bits per heavy atom. The van der Waals surface area contributed by atoms with Crippen molar-refractivity contribution < 1.29 is 19.6 Å². The first-order valence-electron chi connectivity index (χ1n) is 7.22. The maximum absolute atomic E-state index is 11.5. The van der Waals surface area contributed by atoms with Crippen LogP contribution in [0.4, 0.5) is 5.69 Å². The molecule has 0 radical (unpaired) electrons. The molecule has 0 saturated heterocycles. The lowest BCUT2D eigenvalue weighted by Gasteiger charge is -2.01. The van der Waals surface area contributed by atoms with Crippen LogP contribution in [-0.2, 0) is 0 Å². The standard InChI is InChI=1S/C17H13N3O5/c1-25-13-7-5-10(6-8-13)14-15(17(21)22)19-16(18-14)11-3-2-4-12(9-11)20(23)24/h2-9H,1H3,(H,18,19)(H,21,22). The summed E-state index contributed by atoms with van der Waals surface area (Å²) in [7, 11) is 1.53. The number of hydrogen-bond acceptors (Lipinski definition) is 5. The summed E-state index contributed by atoms with van der Waals surface area (Å²) < 4.78 is 5.08. The minimum atomic E-state index is -1.17. The largest absolute Gasteiger partial charge is 0.497 e. The van der Waals surface area contributed by atoms with Gasteiger partial charge in [-0.2, -0.15) is 0 Å². The Morgan fingerprint density at radius 2 is 1.92 bits per heavy atom. The van der Waals surface area contributed by atoms with Crippen molar-refractivity contribution in [2.45, 2.75) is 0 Å². The predicted octanol–water partition coefficient (Wildman–Crippen LogP) is 3.36. The van der Waals surface area contributed by atoms with Gasteiger partial charge in [0.05, 0.1) is 12.0 Å². The van der Waals surface area contributed by atoms with E-state index < -0.39 is 10.9 Å². The van der Waals surface area contributed by atoms with Gasteiger partial charge in [0.1, 0.15) is 17.3 Å². The van der Waals surface area contributed by atoms with E-state index in [-0.39, 0.29) is 22.9 Å². The number of imidazole rings is 1. The first kappa shape index (κ1) is 16.2. The van der Waals surface area contributed by atoms with Crippen LogP contribution in [0.25, 0.3) is 22.6 Å². The van der Waals surface area contributed by atoms with Crippen molar-refractivity contribution in [1.82, 2.24) is 9.97 Å². The summed E-state index contributed by atoms with van der Waals surface area (Å²) >= 11 is 0. The number of nitro benzene ring substituents is 1. The lowest BCUT2D eigenvalue weighted by Crippen LogP contribution is -1.99. The fourth-order valence-corrected chi connectivity index (χ4v) is 2.39. The molecule has 126 valence electrons. The number of methoxy groups -OCH3 is 1. The molecule has 0 aliphatic rings. The number of carboxylic acids is 1. The molecule has 0 aliphatic carbocycles. The Bertz CT molecular complexity index is 947. The van der Waals surface area contributed by atoms with E-state index in [1.807, 2.05) is 0 Å². The summed E-state index contributed by atoms with van der Waals surface area (Å²) in [5.41, 5.74) is 1.07. The van der Waals surface area contributed by atoms with Crippen molar-refractivity contribution in [1.29, 1.82) is 0 Å². The van der Waals surface area contributed by atoms with Gasteiger partial charge in [0.15, 0.2) is 5.69 Å². The van der Waals surface area contributed by atoms with Gasteiger partial charge in [-0.3, -0.25) is 10.1 Å². The van der Waals surface area contributed by atoms with Crippen molar-refractivity contribution in [3.8, 4) is 28.4 Å². The third-order valence-electron chi connectivity index (χ3n) is 3.61. The number of carbonyl (C=O) groups is 1. The average molecular weight is 339 g/mol. The van der Waals surface area contributed by atoms with E-state index >= 15 is 0 Å². The van der Waals surface area contributed by atoms with E-state index in [0.717, 1.165) is 0 Å². The monoisotopic (exact) mass is 339 g/mol. The van der Waals surface area contributed by atoms with Crippen LogP contribution in [0.2, 0.25) is 0 Å². The number of aromatic amines is 1. The van der Waals surface area contributed by atoms with Crippen LogP contribution in [-0.4, -0.2) is 33.1 Å². The Hall–Kier alpha value is -3.68. The summed E-state index contributed by atoms with van der Waals surface area (Å²) in [6.45, 7) is 0. The Kier molecular flexibility index (Phi) is 4.17. The molecule has 3 aromatic rings. The summed E-state index contributed by atoms with van der Waals surface area (Å²) in [6.07, 6.45) is 0. The molecule has 0 atom stereocenters. The second kappa shape index (κ2) is 6.44. The number of nitro groups is 1. The van der Waals surface area contributed by atoms with E-state index in [4.69, 9.17) is 4.74 Å². The Labute approximate surface area is 141 Å². The lowest BCUT2D eigenvalue weighted by molar-refractivity contribution is -0.384. The minimum Gasteiger partial charge on any atom is -0.497 e. The predicted molar refractivity (Wildman–Crippen MR) is 89.6 cm³/mol. The zero-order chi connectivity index (χ0) is 18.0. The van der Waals surface area contributed by atoms with Crippen LogP contribution >= 0.6 is 0 Å². The summed E-state index contributed by atoms with van der Waals surface area (Å²) in [6, 6.07) is 12.6. The second-order valence-corrected chi connectivity index (χ2v) is 5.15. The molecule has 25 heavy (non-hydrogen) atoms. The number of non-ortho nitro benzene ring substituents is 1. The number of nitrogens with zero attached hydrogens (tertiary/aromatic N) is 2. The number of hydrogen-bond donors (Lipinski definition) is 2. The summed E-state index contributed by atoms with van der Waals surface area (Å²) in [4.78, 5) is 29.0. The highest BCUT2D eigenvalue weighted by Crippen LogP contribution is 2.29. The van der Waals surface area contributed by atoms with Crippen molar-refractivity contribution in [3.05, 3.63) is 64.3 Å². The minimum absolute atomic E-state index is 0.0910. The van der Waals surface area contributed by atoms with Crippen LogP contribution in [0.15, 0.2) is 48.5 Å². The van der Waals surface area contributed by atoms with Gasteiger partial charge in [0.2, 0.25) is 0 Å². The molecule has 3 rings (SSSR count). The maximum atomic E-state index is 11.5. The number of rotatable bonds is 5. The van der Waals surface area contributed by atoms with E-state index in [0.29, 0.717) is 16.9 Å². The third-order valence-corrected chi connectivity index (χ3v) is 3.61. The molecule has 2 N–H and O–H groups in total. The molecule has 8 nitrogen and oxygen atoms in total. The highest BCUT2D eigenvalue weighted by molar-refractivity contribution is 5.94. The van der Waals surface area contributed by atoms with Crippen LogP contribution in [0.5, 0.6) is 5.75 Å². The zero-order valence-electron chi connectivity index (χ0n) is 13.1. The Morgan fingerprint density at radius 1 is 1.20 bits per heavy atom. The van der Waals surface area contributed by atoms with Gasteiger partial charge in [0, 0.05) is 23.3 Å². The zero-order valence-corrected chi connectivity index (χ0v) is 13.1. The maximum Gasteiger partial charge on any atom is 0.354 e. The molecular formula is C17H13N3O5. The molecule has 8 heteroatoms. The average Bonchev–Trinajstić information content (AvgIpc) is 3.07. The van der Waals surface area contributed by atoms with E-state index in [2.05, 4.69) is 9.97 Å². The SMILES string of the molecule is COc1ccc(-c2nc(-c3cccc([N+](=O)[O-])c3)[nH]c2C(=O)O)cc1. The van der Waals surface area contributed by atoms with Gasteiger partial charge in [-0.15, -0.1) is 0 Å². The normalized spacial score (nSPS) is 10.4. The fourth-order valence-electron chi connectivity index (χ4n) is 2.39. The van der Waals surface area contributed by atoms with Crippen molar-refractivity contribution in [2.24, 2.45) is 0 Å². The van der Waals surface area contributed by atoms with Gasteiger partial charge >= 0.3 is 5.97 Å². The molecule has 0 fully saturated rings. The summed E-state index contributed by atoms with van der Waals surface area (Å²) in [5.74, 6) is -0.294. The second-order valence-electron chi connectivity index (χ2n) is 5.15. The number of ether oxygens (including phenoxy) is 1. The van der Waals surface area contributed by atoms with Gasteiger partial charge in [-0.05, 0) is 24.3 Å². The van der Waals surface area contributed by atoms with E-state index in [9.17, 15) is 20.0 Å². The van der Waals surface area contributed by atoms with Gasteiger partial charge in [0.25, 0.3) is 5.69 Å². The topological polar surface area (TPSA) is 118 Å². The lowest BCUT2D eigenvalue weighted by atomic mass is 10.1. The number of benzene rings is 2. The van der Waals surface area contributed by atoms with Crippen LogP contribution < -0.4 is 4.74 Å². The van der Waals surface area contributed by atoms with Gasteiger partial charge in [-0.1, -0.05) is 12.1 Å². The molecule has 0 aliphatic heterocycles. The van der Waals surface area contributed by atoms with Crippen LogP contribution in [0.1, 0.15) is 10.5 Å². The highest BCUT2D eigenvalue weighted by atomic mass is 16.6. The van der Waals surface area contributed by atoms with Crippen LogP contribution in [0, 0.1) is 10.1 Å². The summed E-state index contributed by atoms with van der Waals surface area (Å²) in [5, 5.41) is 20.3. The first-order valence-corrected chi connectivity index (χ1v) is 7.22. The molecule has 0 spiro atoms. The van der Waals surface area contributed by atoms with E-state index in [1.165, 1.54) is 25.3 Å². The molecule has 1 heterocycles. The molecule has 0 amide bonds. The van der Waals surface area contributed by atoms with E-state index in [1.54, 1.807) is 30.3 Å².